The molecule has 2 heterocycles. The van der Waals surface area contributed by atoms with Crippen LogP contribution in [-0.2, 0) is 26.2 Å². The van der Waals surface area contributed by atoms with E-state index in [0.29, 0.717) is 18.6 Å². The van der Waals surface area contributed by atoms with E-state index < -0.39 is 11.0 Å². The van der Waals surface area contributed by atoms with Gasteiger partial charge in [0.05, 0.1) is 24.6 Å². The van der Waals surface area contributed by atoms with Crippen molar-refractivity contribution in [2.75, 3.05) is 27.7 Å². The number of esters is 1. The molecule has 1 saturated carbocycles. The Hall–Kier alpha value is -3.50. The third kappa shape index (κ3) is 3.32. The Morgan fingerprint density at radius 3 is 2.76 bits per heavy atom. The number of aryl methyl sites for hydroxylation is 1. The molecule has 2 aromatic carbocycles. The molecule has 0 N–H and O–H groups in total. The Morgan fingerprint density at radius 1 is 1.21 bits per heavy atom. The number of methoxy groups -OCH3 is 1. The summed E-state index contributed by atoms with van der Waals surface area (Å²) in [6.45, 7) is 4.35. The molecule has 4 aliphatic rings. The fourth-order valence-corrected chi connectivity index (χ4v) is 7.79. The van der Waals surface area contributed by atoms with Crippen molar-refractivity contribution < 1.29 is 23.8 Å². The summed E-state index contributed by atoms with van der Waals surface area (Å²) in [7, 11) is 5.58. The number of hydrogen-bond donors (Lipinski definition) is 0. The normalized spacial score (nSPS) is 30.3. The fraction of sp³-hybridized carbons (Fsp3) is 0.484. The first-order valence-corrected chi connectivity index (χ1v) is 13.3. The highest BCUT2D eigenvalue weighted by atomic mass is 16.6. The summed E-state index contributed by atoms with van der Waals surface area (Å²) < 4.78 is 19.0. The summed E-state index contributed by atoms with van der Waals surface area (Å²) in [5, 5.41) is 0. The fourth-order valence-electron chi connectivity index (χ4n) is 7.79. The van der Waals surface area contributed by atoms with Gasteiger partial charge in [0.1, 0.15) is 11.7 Å². The summed E-state index contributed by atoms with van der Waals surface area (Å²) in [6.07, 6.45) is 2.44. The molecule has 0 radical (unpaired) electrons. The topological polar surface area (TPSA) is 68.3 Å². The van der Waals surface area contributed by atoms with Crippen LogP contribution in [0.4, 0.5) is 0 Å². The number of carbonyl (C=O) groups excluding carboxylic acids is 2. The first kappa shape index (κ1) is 24.8. The van der Waals surface area contributed by atoms with Crippen molar-refractivity contribution >= 4 is 11.9 Å². The van der Waals surface area contributed by atoms with E-state index in [1.807, 2.05) is 44.3 Å². The standard InChI is InChI=1S/C31H34N2O5/c1-19-7-6-8-21(17-19)9-12-26(35)33(4)23-13-14-31(38-20(2)34)25-18-22-10-11-24(36-5)28-27(22)30(31,29(23)37-28)15-16-32(25)3/h6-8,10-11,17,23,25,29H,13-16,18H2,1-5H3/t23-,25-,29+,30+,31-/m1/s1. The van der Waals surface area contributed by atoms with Gasteiger partial charge in [-0.15, -0.1) is 0 Å². The SMILES string of the molecule is COc1ccc2c3c1O[C@H]1[C@H](N(C)C(=O)C#Cc4cccc(C)c4)CC[C@@]4(OC(C)=O)[C@@H](C2)N(C)CC[C@]314. The number of ether oxygens (including phenoxy) is 3. The molecule has 0 aromatic heterocycles. The Kier molecular flexibility index (Phi) is 5.73. The van der Waals surface area contributed by atoms with Gasteiger partial charge in [0.2, 0.25) is 0 Å². The minimum absolute atomic E-state index is 0.0289. The lowest BCUT2D eigenvalue weighted by Gasteiger charge is -2.65. The van der Waals surface area contributed by atoms with Crippen LogP contribution in [0.5, 0.6) is 11.5 Å². The van der Waals surface area contributed by atoms with Crippen LogP contribution in [0, 0.1) is 18.8 Å². The Morgan fingerprint density at radius 2 is 2.03 bits per heavy atom. The average Bonchev–Trinajstić information content (AvgIpc) is 3.24. The van der Waals surface area contributed by atoms with E-state index >= 15 is 0 Å². The number of hydrogen-bond acceptors (Lipinski definition) is 6. The number of amides is 1. The smallest absolute Gasteiger partial charge is 0.303 e. The molecule has 1 spiro atoms. The zero-order valence-electron chi connectivity index (χ0n) is 22.7. The van der Waals surface area contributed by atoms with Crippen LogP contribution in [0.25, 0.3) is 0 Å². The van der Waals surface area contributed by atoms with Crippen LogP contribution in [0.3, 0.4) is 0 Å². The lowest BCUT2D eigenvalue weighted by Crippen LogP contribution is -2.78. The van der Waals surface area contributed by atoms with Gasteiger partial charge in [-0.3, -0.25) is 14.5 Å². The van der Waals surface area contributed by atoms with E-state index in [1.54, 1.807) is 12.0 Å². The van der Waals surface area contributed by atoms with E-state index in [9.17, 15) is 9.59 Å². The quantitative estimate of drug-likeness (QED) is 0.463. The van der Waals surface area contributed by atoms with Crippen molar-refractivity contribution in [2.24, 2.45) is 0 Å². The van der Waals surface area contributed by atoms with Crippen molar-refractivity contribution in [3.63, 3.8) is 0 Å². The van der Waals surface area contributed by atoms with Crippen LogP contribution in [0.2, 0.25) is 0 Å². The predicted molar refractivity (Wildman–Crippen MR) is 142 cm³/mol. The Labute approximate surface area is 224 Å². The van der Waals surface area contributed by atoms with Gasteiger partial charge in [-0.25, -0.2) is 0 Å². The van der Waals surface area contributed by atoms with E-state index in [4.69, 9.17) is 14.2 Å². The van der Waals surface area contributed by atoms with Crippen molar-refractivity contribution in [1.29, 1.82) is 0 Å². The first-order valence-electron chi connectivity index (χ1n) is 13.3. The van der Waals surface area contributed by atoms with Crippen molar-refractivity contribution in [3.05, 3.63) is 58.7 Å². The van der Waals surface area contributed by atoms with Crippen LogP contribution in [0.1, 0.15) is 48.4 Å². The maximum atomic E-state index is 13.4. The van der Waals surface area contributed by atoms with Crippen molar-refractivity contribution in [3.8, 4) is 23.3 Å². The molecule has 1 saturated heterocycles. The first-order chi connectivity index (χ1) is 18.2. The lowest BCUT2D eigenvalue weighted by molar-refractivity contribution is -0.220. The van der Waals surface area contributed by atoms with Gasteiger partial charge >= 0.3 is 5.97 Å². The second-order valence-electron chi connectivity index (χ2n) is 11.2. The summed E-state index contributed by atoms with van der Waals surface area (Å²) in [4.78, 5) is 30.1. The minimum atomic E-state index is -0.741. The monoisotopic (exact) mass is 514 g/mol. The molecule has 5 atom stereocenters. The molecule has 7 nitrogen and oxygen atoms in total. The molecule has 38 heavy (non-hydrogen) atoms. The number of likely N-dealkylation sites (N-methyl/N-ethyl adjacent to an activating group) is 2. The number of piperidine rings is 1. The third-order valence-corrected chi connectivity index (χ3v) is 9.34. The predicted octanol–water partition coefficient (Wildman–Crippen LogP) is 3.24. The number of likely N-dealkylation sites (tertiary alicyclic amines) is 1. The maximum absolute atomic E-state index is 13.4. The Balaban J connectivity index is 1.45. The van der Waals surface area contributed by atoms with E-state index in [0.717, 1.165) is 41.8 Å². The summed E-state index contributed by atoms with van der Waals surface area (Å²) in [5.74, 6) is 6.75. The van der Waals surface area contributed by atoms with Crippen LogP contribution in [0.15, 0.2) is 36.4 Å². The van der Waals surface area contributed by atoms with Gasteiger partial charge in [-0.1, -0.05) is 24.1 Å². The molecule has 2 aliphatic heterocycles. The zero-order valence-corrected chi connectivity index (χ0v) is 22.7. The van der Waals surface area contributed by atoms with Crippen molar-refractivity contribution in [1.82, 2.24) is 9.80 Å². The molecular formula is C31H34N2O5. The Bertz CT molecular complexity index is 1390. The van der Waals surface area contributed by atoms with Gasteiger partial charge in [0.15, 0.2) is 11.5 Å². The van der Waals surface area contributed by atoms with Crippen LogP contribution < -0.4 is 9.47 Å². The van der Waals surface area contributed by atoms with Crippen LogP contribution in [-0.4, -0.2) is 73.2 Å². The highest BCUT2D eigenvalue weighted by Crippen LogP contribution is 2.67. The van der Waals surface area contributed by atoms with Gasteiger partial charge in [-0.05, 0) is 75.5 Å². The number of rotatable bonds is 3. The molecule has 2 bridgehead atoms. The van der Waals surface area contributed by atoms with Gasteiger partial charge in [-0.2, -0.15) is 0 Å². The molecular weight excluding hydrogens is 480 g/mol. The molecule has 7 heteroatoms. The van der Waals surface area contributed by atoms with Crippen molar-refractivity contribution in [2.45, 2.75) is 68.7 Å². The van der Waals surface area contributed by atoms with Crippen LogP contribution >= 0.6 is 0 Å². The number of nitrogens with zero attached hydrogens (tertiary/aromatic N) is 2. The summed E-state index contributed by atoms with van der Waals surface area (Å²) >= 11 is 0. The second kappa shape index (κ2) is 8.78. The highest BCUT2D eigenvalue weighted by Gasteiger charge is 2.75. The number of benzene rings is 2. The van der Waals surface area contributed by atoms with Gasteiger partial charge in [0.25, 0.3) is 5.91 Å². The number of carbonyl (C=O) groups is 2. The molecule has 2 aromatic rings. The third-order valence-electron chi connectivity index (χ3n) is 9.34. The van der Waals surface area contributed by atoms with E-state index in [1.165, 1.54) is 12.5 Å². The summed E-state index contributed by atoms with van der Waals surface area (Å²) in [5.41, 5.74) is 2.90. The lowest BCUT2D eigenvalue weighted by atomic mass is 9.48. The van der Waals surface area contributed by atoms with Gasteiger partial charge < -0.3 is 19.1 Å². The maximum Gasteiger partial charge on any atom is 0.303 e. The van der Waals surface area contributed by atoms with E-state index in [-0.39, 0.29) is 30.1 Å². The highest BCUT2D eigenvalue weighted by molar-refractivity contribution is 5.94. The molecule has 0 unspecified atom stereocenters. The molecule has 1 amide bonds. The molecule has 6 rings (SSSR count). The molecule has 2 fully saturated rings. The zero-order chi connectivity index (χ0) is 26.8. The molecule has 198 valence electrons. The summed E-state index contributed by atoms with van der Waals surface area (Å²) in [6, 6.07) is 11.7. The van der Waals surface area contributed by atoms with E-state index in [2.05, 4.69) is 29.9 Å². The molecule has 2 aliphatic carbocycles. The largest absolute Gasteiger partial charge is 0.493 e. The van der Waals surface area contributed by atoms with Gasteiger partial charge in [0, 0.05) is 31.0 Å². The average molecular weight is 515 g/mol. The minimum Gasteiger partial charge on any atom is -0.493 e. The second-order valence-corrected chi connectivity index (χ2v) is 11.2.